The van der Waals surface area contributed by atoms with Crippen LogP contribution in [0.3, 0.4) is 0 Å². The first-order valence-corrected chi connectivity index (χ1v) is 13.2. The lowest BCUT2D eigenvalue weighted by Gasteiger charge is -2.53. The largest absolute Gasteiger partial charge is 0.453 e. The van der Waals surface area contributed by atoms with Gasteiger partial charge in [-0.2, -0.15) is 0 Å². The fourth-order valence-corrected chi connectivity index (χ4v) is 6.12. The van der Waals surface area contributed by atoms with E-state index in [0.29, 0.717) is 23.2 Å². The van der Waals surface area contributed by atoms with Crippen molar-refractivity contribution in [3.63, 3.8) is 0 Å². The standard InChI is InChI=1S/C31H34N2O4/c1-23(32-29(34)25-11-5-2-6-12-25)21-33-19-17-24(18-20-33)28(22-33)37-30(35)31(36,26-13-7-3-8-14-26)27-15-9-4-10-16-27/h2-16,23-24,28,36H,17-22H2,1H3/p+1/t23-,24?,28+,33?/m1/s1. The number of nitrogens with one attached hydrogen (secondary N) is 1. The number of amides is 1. The molecule has 6 rings (SSSR count). The van der Waals surface area contributed by atoms with E-state index < -0.39 is 11.6 Å². The Bertz CT molecular complexity index is 1170. The van der Waals surface area contributed by atoms with Gasteiger partial charge < -0.3 is 19.6 Å². The summed E-state index contributed by atoms with van der Waals surface area (Å²) < 4.78 is 6.97. The quantitative estimate of drug-likeness (QED) is 0.364. The van der Waals surface area contributed by atoms with E-state index >= 15 is 0 Å². The van der Waals surface area contributed by atoms with Gasteiger partial charge in [0, 0.05) is 24.3 Å². The Kier molecular flexibility index (Phi) is 7.13. The first kappa shape index (κ1) is 25.2. The molecule has 0 aliphatic carbocycles. The molecule has 0 spiro atoms. The molecule has 3 aromatic carbocycles. The van der Waals surface area contributed by atoms with E-state index in [1.807, 2.05) is 73.7 Å². The van der Waals surface area contributed by atoms with E-state index in [2.05, 4.69) is 5.32 Å². The Balaban J connectivity index is 1.30. The zero-order valence-corrected chi connectivity index (χ0v) is 21.3. The van der Waals surface area contributed by atoms with E-state index in [1.165, 1.54) is 0 Å². The second kappa shape index (κ2) is 10.5. The summed E-state index contributed by atoms with van der Waals surface area (Å²) in [5, 5.41) is 15.0. The van der Waals surface area contributed by atoms with Crippen molar-refractivity contribution >= 4 is 11.9 Å². The highest BCUT2D eigenvalue weighted by Crippen LogP contribution is 2.38. The van der Waals surface area contributed by atoms with Crippen molar-refractivity contribution in [3.05, 3.63) is 108 Å². The van der Waals surface area contributed by atoms with Crippen molar-refractivity contribution in [2.45, 2.75) is 37.5 Å². The normalized spacial score (nSPS) is 23.7. The molecule has 0 saturated carbocycles. The first-order valence-electron chi connectivity index (χ1n) is 13.2. The minimum Gasteiger partial charge on any atom is -0.453 e. The zero-order chi connectivity index (χ0) is 25.9. The van der Waals surface area contributed by atoms with Gasteiger partial charge in [0.1, 0.15) is 6.54 Å². The molecule has 6 heteroatoms. The minimum atomic E-state index is -1.88. The molecule has 2 bridgehead atoms. The summed E-state index contributed by atoms with van der Waals surface area (Å²) >= 11 is 0. The van der Waals surface area contributed by atoms with Crippen LogP contribution >= 0.6 is 0 Å². The fourth-order valence-electron chi connectivity index (χ4n) is 6.12. The molecule has 2 N–H and O–H groups in total. The molecule has 0 unspecified atom stereocenters. The molecule has 0 radical (unpaired) electrons. The van der Waals surface area contributed by atoms with Gasteiger partial charge in [0.2, 0.25) is 5.60 Å². The van der Waals surface area contributed by atoms with Gasteiger partial charge in [-0.25, -0.2) is 4.79 Å². The summed E-state index contributed by atoms with van der Waals surface area (Å²) in [6.45, 7) is 5.53. The predicted octanol–water partition coefficient (Wildman–Crippen LogP) is 3.89. The van der Waals surface area contributed by atoms with Gasteiger partial charge in [-0.15, -0.1) is 0 Å². The molecule has 3 fully saturated rings. The van der Waals surface area contributed by atoms with Crippen LogP contribution in [-0.4, -0.2) is 59.8 Å². The van der Waals surface area contributed by atoms with E-state index in [0.717, 1.165) is 37.0 Å². The van der Waals surface area contributed by atoms with Crippen LogP contribution in [0.25, 0.3) is 0 Å². The summed E-state index contributed by atoms with van der Waals surface area (Å²) in [6, 6.07) is 27.3. The van der Waals surface area contributed by atoms with Crippen LogP contribution in [0.2, 0.25) is 0 Å². The first-order chi connectivity index (χ1) is 17.9. The molecule has 2 atom stereocenters. The SMILES string of the molecule is C[C@H](C[N+]12CCC(CC1)[C@@H](OC(=O)C(O)(c1ccccc1)c1ccccc1)C2)NC(=O)c1ccccc1. The maximum absolute atomic E-state index is 13.7. The summed E-state index contributed by atoms with van der Waals surface area (Å²) in [4.78, 5) is 26.4. The van der Waals surface area contributed by atoms with Crippen LogP contribution in [-0.2, 0) is 15.1 Å². The molecule has 1 amide bonds. The molecule has 3 saturated heterocycles. The smallest absolute Gasteiger partial charge is 0.348 e. The molecular formula is C31H35N2O4+. The van der Waals surface area contributed by atoms with Crippen LogP contribution in [0.4, 0.5) is 0 Å². The second-order valence-corrected chi connectivity index (χ2v) is 10.6. The van der Waals surface area contributed by atoms with E-state index in [4.69, 9.17) is 4.74 Å². The number of benzene rings is 3. The van der Waals surface area contributed by atoms with Crippen molar-refractivity contribution in [2.24, 2.45) is 5.92 Å². The molecule has 3 aromatic rings. The minimum absolute atomic E-state index is 0.0238. The Morgan fingerprint density at radius 3 is 1.97 bits per heavy atom. The lowest BCUT2D eigenvalue weighted by atomic mass is 9.82. The van der Waals surface area contributed by atoms with E-state index in [1.54, 1.807) is 24.3 Å². The number of hydrogen-bond acceptors (Lipinski definition) is 4. The summed E-state index contributed by atoms with van der Waals surface area (Å²) in [5.41, 5.74) is -0.238. The van der Waals surface area contributed by atoms with Crippen LogP contribution in [0.1, 0.15) is 41.3 Å². The monoisotopic (exact) mass is 499 g/mol. The molecule has 6 nitrogen and oxygen atoms in total. The number of esters is 1. The third kappa shape index (κ3) is 5.17. The number of piperidine rings is 3. The van der Waals surface area contributed by atoms with Crippen LogP contribution in [0, 0.1) is 5.92 Å². The molecule has 37 heavy (non-hydrogen) atoms. The maximum Gasteiger partial charge on any atom is 0.348 e. The average molecular weight is 500 g/mol. The lowest BCUT2D eigenvalue weighted by molar-refractivity contribution is -0.946. The average Bonchev–Trinajstić information content (AvgIpc) is 2.94. The van der Waals surface area contributed by atoms with Gasteiger partial charge >= 0.3 is 5.97 Å². The molecule has 3 aliphatic heterocycles. The van der Waals surface area contributed by atoms with Crippen molar-refractivity contribution in [3.8, 4) is 0 Å². The van der Waals surface area contributed by atoms with Crippen molar-refractivity contribution in [2.75, 3.05) is 26.2 Å². The summed E-state index contributed by atoms with van der Waals surface area (Å²) in [6.07, 6.45) is 1.66. The highest BCUT2D eigenvalue weighted by Gasteiger charge is 2.51. The van der Waals surface area contributed by atoms with Gasteiger partial charge in [0.15, 0.2) is 6.10 Å². The van der Waals surface area contributed by atoms with Gasteiger partial charge in [0.05, 0.1) is 25.7 Å². The lowest BCUT2D eigenvalue weighted by Crippen LogP contribution is -2.67. The van der Waals surface area contributed by atoms with Crippen LogP contribution < -0.4 is 5.32 Å². The van der Waals surface area contributed by atoms with E-state index in [-0.39, 0.29) is 24.0 Å². The number of carbonyl (C=O) groups excluding carboxylic acids is 2. The fraction of sp³-hybridized carbons (Fsp3) is 0.355. The Morgan fingerprint density at radius 1 is 0.919 bits per heavy atom. The number of quaternary nitrogens is 1. The highest BCUT2D eigenvalue weighted by molar-refractivity contribution is 5.94. The number of rotatable bonds is 8. The van der Waals surface area contributed by atoms with Gasteiger partial charge in [-0.1, -0.05) is 78.9 Å². The molecule has 0 aromatic heterocycles. The number of carbonyl (C=O) groups is 2. The van der Waals surface area contributed by atoms with Gasteiger partial charge in [0.25, 0.3) is 5.91 Å². The topological polar surface area (TPSA) is 75.6 Å². The van der Waals surface area contributed by atoms with Crippen molar-refractivity contribution < 1.29 is 23.9 Å². The number of hydrogen-bond donors (Lipinski definition) is 2. The van der Waals surface area contributed by atoms with Crippen LogP contribution in [0.5, 0.6) is 0 Å². The number of nitrogens with zero attached hydrogens (tertiary/aromatic N) is 1. The number of aliphatic hydroxyl groups is 1. The second-order valence-electron chi connectivity index (χ2n) is 10.6. The maximum atomic E-state index is 13.7. The Labute approximate surface area is 218 Å². The molecule has 3 aliphatic rings. The zero-order valence-electron chi connectivity index (χ0n) is 21.3. The number of ether oxygens (including phenoxy) is 1. The highest BCUT2D eigenvalue weighted by atomic mass is 16.6. The Hall–Kier alpha value is -3.48. The van der Waals surface area contributed by atoms with Gasteiger partial charge in [-0.05, 0) is 30.2 Å². The van der Waals surface area contributed by atoms with Crippen molar-refractivity contribution in [1.82, 2.24) is 5.32 Å². The summed E-state index contributed by atoms with van der Waals surface area (Å²) in [5.74, 6) is -0.418. The van der Waals surface area contributed by atoms with E-state index in [9.17, 15) is 14.7 Å². The summed E-state index contributed by atoms with van der Waals surface area (Å²) in [7, 11) is 0. The molecule has 3 heterocycles. The molecule has 192 valence electrons. The third-order valence-electron chi connectivity index (χ3n) is 8.05. The number of fused-ring (bicyclic) bond motifs is 3. The predicted molar refractivity (Wildman–Crippen MR) is 142 cm³/mol. The van der Waals surface area contributed by atoms with Gasteiger partial charge in [-0.3, -0.25) is 4.79 Å². The third-order valence-corrected chi connectivity index (χ3v) is 8.05. The Morgan fingerprint density at radius 2 is 1.43 bits per heavy atom. The van der Waals surface area contributed by atoms with Crippen LogP contribution in [0.15, 0.2) is 91.0 Å². The molecular weight excluding hydrogens is 464 g/mol. The van der Waals surface area contributed by atoms with Crippen molar-refractivity contribution in [1.29, 1.82) is 0 Å².